The van der Waals surface area contributed by atoms with Crippen LogP contribution in [0, 0.1) is 11.3 Å². The largest absolute Gasteiger partial charge is 0.481 e. The van der Waals surface area contributed by atoms with Crippen LogP contribution < -0.4 is 10.6 Å². The van der Waals surface area contributed by atoms with Gasteiger partial charge in [0.1, 0.15) is 0 Å². The molecule has 0 aromatic carbocycles. The first-order valence-corrected chi connectivity index (χ1v) is 7.82. The average Bonchev–Trinajstić information content (AvgIpc) is 3.06. The topological polar surface area (TPSA) is 78.4 Å². The smallest absolute Gasteiger partial charge is 0.315 e. The molecule has 2 aliphatic carbocycles. The van der Waals surface area contributed by atoms with Crippen molar-refractivity contribution in [3.05, 3.63) is 0 Å². The van der Waals surface area contributed by atoms with Crippen molar-refractivity contribution >= 4 is 12.0 Å². The van der Waals surface area contributed by atoms with Crippen molar-refractivity contribution in [2.45, 2.75) is 64.3 Å². The Balaban J connectivity index is 1.72. The second kappa shape index (κ2) is 6.46. The number of carboxylic acids is 1. The fourth-order valence-electron chi connectivity index (χ4n) is 3.62. The van der Waals surface area contributed by atoms with E-state index in [2.05, 4.69) is 17.6 Å². The number of carbonyl (C=O) groups excluding carboxylic acids is 1. The number of nitrogens with one attached hydrogen (secondary N) is 2. The predicted octanol–water partition coefficient (Wildman–Crippen LogP) is 2.51. The molecule has 0 aliphatic heterocycles. The van der Waals surface area contributed by atoms with Crippen molar-refractivity contribution in [2.75, 3.05) is 6.54 Å². The highest BCUT2D eigenvalue weighted by Crippen LogP contribution is 2.40. The minimum Gasteiger partial charge on any atom is -0.481 e. The molecule has 20 heavy (non-hydrogen) atoms. The third-order valence-electron chi connectivity index (χ3n) is 5.16. The van der Waals surface area contributed by atoms with Crippen molar-refractivity contribution in [3.63, 3.8) is 0 Å². The molecule has 0 spiro atoms. The minimum atomic E-state index is -0.745. The summed E-state index contributed by atoms with van der Waals surface area (Å²) in [6.07, 6.45) is 8.03. The van der Waals surface area contributed by atoms with E-state index < -0.39 is 5.97 Å². The van der Waals surface area contributed by atoms with Crippen LogP contribution in [0.4, 0.5) is 4.79 Å². The molecule has 5 heteroatoms. The van der Waals surface area contributed by atoms with Crippen molar-refractivity contribution < 1.29 is 14.7 Å². The van der Waals surface area contributed by atoms with Gasteiger partial charge in [0, 0.05) is 12.6 Å². The monoisotopic (exact) mass is 282 g/mol. The lowest BCUT2D eigenvalue weighted by molar-refractivity contribution is -0.141. The summed E-state index contributed by atoms with van der Waals surface area (Å²) in [5.74, 6) is -1.04. The van der Waals surface area contributed by atoms with E-state index in [9.17, 15) is 9.59 Å². The summed E-state index contributed by atoms with van der Waals surface area (Å²) < 4.78 is 0. The van der Waals surface area contributed by atoms with Gasteiger partial charge in [0.05, 0.1) is 5.92 Å². The summed E-state index contributed by atoms with van der Waals surface area (Å²) in [6.45, 7) is 2.93. The van der Waals surface area contributed by atoms with Gasteiger partial charge in [-0.05, 0) is 43.9 Å². The van der Waals surface area contributed by atoms with Crippen molar-refractivity contribution in [3.8, 4) is 0 Å². The van der Waals surface area contributed by atoms with E-state index in [4.69, 9.17) is 5.11 Å². The Labute approximate surface area is 120 Å². The normalized spacial score (nSPS) is 28.2. The summed E-state index contributed by atoms with van der Waals surface area (Å²) in [5.41, 5.74) is 0.288. The van der Waals surface area contributed by atoms with Crippen molar-refractivity contribution in [2.24, 2.45) is 11.3 Å². The van der Waals surface area contributed by atoms with Gasteiger partial charge in [-0.25, -0.2) is 4.79 Å². The quantitative estimate of drug-likeness (QED) is 0.725. The molecule has 0 radical (unpaired) electrons. The first-order chi connectivity index (χ1) is 9.54. The number of aliphatic carboxylic acids is 1. The Morgan fingerprint density at radius 2 is 1.95 bits per heavy atom. The molecule has 0 heterocycles. The molecule has 2 fully saturated rings. The Morgan fingerprint density at radius 3 is 2.50 bits per heavy atom. The maximum absolute atomic E-state index is 11.9. The van der Waals surface area contributed by atoms with Gasteiger partial charge < -0.3 is 15.7 Å². The van der Waals surface area contributed by atoms with E-state index in [1.54, 1.807) is 0 Å². The molecule has 5 nitrogen and oxygen atoms in total. The number of carbonyl (C=O) groups is 2. The molecule has 0 bridgehead atoms. The summed E-state index contributed by atoms with van der Waals surface area (Å²) in [5, 5.41) is 14.9. The second-order valence-corrected chi connectivity index (χ2v) is 6.43. The molecule has 2 saturated carbocycles. The molecule has 114 valence electrons. The van der Waals surface area contributed by atoms with E-state index in [0.29, 0.717) is 12.8 Å². The van der Waals surface area contributed by atoms with Crippen LogP contribution in [0.25, 0.3) is 0 Å². The zero-order valence-corrected chi connectivity index (χ0v) is 12.3. The van der Waals surface area contributed by atoms with Gasteiger partial charge >= 0.3 is 12.0 Å². The highest BCUT2D eigenvalue weighted by Gasteiger charge is 2.33. The summed E-state index contributed by atoms with van der Waals surface area (Å²) in [6, 6.07) is -0.127. The molecule has 0 aromatic rings. The first kappa shape index (κ1) is 15.1. The highest BCUT2D eigenvalue weighted by atomic mass is 16.4. The lowest BCUT2D eigenvalue weighted by Crippen LogP contribution is -2.45. The van der Waals surface area contributed by atoms with E-state index in [-0.39, 0.29) is 23.4 Å². The van der Waals surface area contributed by atoms with Gasteiger partial charge in [0.15, 0.2) is 0 Å². The predicted molar refractivity (Wildman–Crippen MR) is 76.5 cm³/mol. The maximum atomic E-state index is 11.9. The number of rotatable bonds is 5. The lowest BCUT2D eigenvalue weighted by atomic mass is 9.83. The maximum Gasteiger partial charge on any atom is 0.315 e. The Hall–Kier alpha value is -1.26. The number of amides is 2. The molecule has 2 atom stereocenters. The third kappa shape index (κ3) is 3.64. The second-order valence-electron chi connectivity index (χ2n) is 6.43. The standard InChI is InChI=1S/C15H26N2O3/c1-2-15(7-3-4-8-15)10-16-14(20)17-12-6-5-11(9-12)13(18)19/h11-12H,2-10H2,1H3,(H,18,19)(H2,16,17,20)/t11-,12+/m1/s1. The zero-order chi connectivity index (χ0) is 14.6. The van der Waals surface area contributed by atoms with E-state index in [0.717, 1.165) is 19.4 Å². The van der Waals surface area contributed by atoms with E-state index in [1.807, 2.05) is 0 Å². The molecule has 0 aromatic heterocycles. The number of carboxylic acid groups (broad SMARTS) is 1. The Morgan fingerprint density at radius 1 is 1.25 bits per heavy atom. The number of urea groups is 1. The zero-order valence-electron chi connectivity index (χ0n) is 12.3. The molecular weight excluding hydrogens is 256 g/mol. The van der Waals surface area contributed by atoms with Crippen LogP contribution in [0.2, 0.25) is 0 Å². The fourth-order valence-corrected chi connectivity index (χ4v) is 3.62. The molecule has 2 amide bonds. The fraction of sp³-hybridized carbons (Fsp3) is 0.867. The van der Waals surface area contributed by atoms with Gasteiger partial charge in [-0.15, -0.1) is 0 Å². The van der Waals surface area contributed by atoms with E-state index in [1.165, 1.54) is 25.7 Å². The van der Waals surface area contributed by atoms with Gasteiger partial charge in [0.25, 0.3) is 0 Å². The first-order valence-electron chi connectivity index (χ1n) is 7.82. The molecule has 0 saturated heterocycles. The SMILES string of the molecule is CCC1(CNC(=O)N[C@H]2CC[C@@H](C(=O)O)C2)CCCC1. The van der Waals surface area contributed by atoms with Crippen molar-refractivity contribution in [1.82, 2.24) is 10.6 Å². The van der Waals surface area contributed by atoms with Crippen LogP contribution in [0.15, 0.2) is 0 Å². The number of hydrogen-bond donors (Lipinski definition) is 3. The van der Waals surface area contributed by atoms with Gasteiger partial charge in [-0.3, -0.25) is 4.79 Å². The van der Waals surface area contributed by atoms with Crippen LogP contribution >= 0.6 is 0 Å². The van der Waals surface area contributed by atoms with Crippen LogP contribution in [0.5, 0.6) is 0 Å². The molecule has 0 unspecified atom stereocenters. The van der Waals surface area contributed by atoms with Crippen LogP contribution in [-0.2, 0) is 4.79 Å². The Bertz CT molecular complexity index is 364. The molecular formula is C15H26N2O3. The van der Waals surface area contributed by atoms with Crippen LogP contribution in [0.3, 0.4) is 0 Å². The molecule has 2 aliphatic rings. The minimum absolute atomic E-state index is 0.0113. The van der Waals surface area contributed by atoms with E-state index >= 15 is 0 Å². The third-order valence-corrected chi connectivity index (χ3v) is 5.16. The van der Waals surface area contributed by atoms with Gasteiger partial charge in [-0.2, -0.15) is 0 Å². The van der Waals surface area contributed by atoms with Crippen LogP contribution in [-0.4, -0.2) is 29.7 Å². The lowest BCUT2D eigenvalue weighted by Gasteiger charge is -2.28. The van der Waals surface area contributed by atoms with Gasteiger partial charge in [0.2, 0.25) is 0 Å². The average molecular weight is 282 g/mol. The summed E-state index contributed by atoms with van der Waals surface area (Å²) in [7, 11) is 0. The highest BCUT2D eigenvalue weighted by molar-refractivity contribution is 5.75. The van der Waals surface area contributed by atoms with Gasteiger partial charge in [-0.1, -0.05) is 19.8 Å². The summed E-state index contributed by atoms with van der Waals surface area (Å²) >= 11 is 0. The molecule has 2 rings (SSSR count). The van der Waals surface area contributed by atoms with Crippen LogP contribution in [0.1, 0.15) is 58.3 Å². The molecule has 3 N–H and O–H groups in total. The number of hydrogen-bond acceptors (Lipinski definition) is 2. The summed E-state index contributed by atoms with van der Waals surface area (Å²) in [4.78, 5) is 22.8. The Kier molecular flexibility index (Phi) is 4.89. The van der Waals surface area contributed by atoms with Crippen molar-refractivity contribution in [1.29, 1.82) is 0 Å².